The van der Waals surface area contributed by atoms with Crippen LogP contribution in [0.4, 0.5) is 0 Å². The molecule has 0 aliphatic carbocycles. The van der Waals surface area contributed by atoms with Gasteiger partial charge in [0.25, 0.3) is 5.91 Å². The molecule has 2 aromatic rings. The van der Waals surface area contributed by atoms with Crippen molar-refractivity contribution in [1.82, 2.24) is 19.7 Å². The summed E-state index contributed by atoms with van der Waals surface area (Å²) < 4.78 is 2.28. The molecule has 1 amide bonds. The van der Waals surface area contributed by atoms with Gasteiger partial charge >= 0.3 is 0 Å². The van der Waals surface area contributed by atoms with Gasteiger partial charge in [0, 0.05) is 25.1 Å². The Morgan fingerprint density at radius 1 is 1.04 bits per heavy atom. The predicted octanol–water partition coefficient (Wildman–Crippen LogP) is 3.60. The minimum atomic E-state index is 0.0634. The molecule has 2 aliphatic rings. The van der Waals surface area contributed by atoms with Crippen LogP contribution in [-0.4, -0.2) is 32.1 Å². The Morgan fingerprint density at radius 2 is 1.92 bits per heavy atom. The van der Waals surface area contributed by atoms with Crippen molar-refractivity contribution in [3.8, 4) is 0 Å². The summed E-state index contributed by atoms with van der Waals surface area (Å²) in [5, 5.41) is 8.93. The van der Waals surface area contributed by atoms with Gasteiger partial charge in [-0.25, -0.2) is 0 Å². The summed E-state index contributed by atoms with van der Waals surface area (Å²) in [6, 6.07) is 6.06. The van der Waals surface area contributed by atoms with Gasteiger partial charge in [-0.2, -0.15) is 0 Å². The maximum atomic E-state index is 13.1. The second-order valence-electron chi connectivity index (χ2n) is 7.39. The summed E-state index contributed by atoms with van der Waals surface area (Å²) in [4.78, 5) is 15.1. The summed E-state index contributed by atoms with van der Waals surface area (Å²) in [6.45, 7) is 5.93. The predicted molar refractivity (Wildman–Crippen MR) is 96.5 cm³/mol. The van der Waals surface area contributed by atoms with Crippen LogP contribution < -0.4 is 0 Å². The third kappa shape index (κ3) is 2.96. The summed E-state index contributed by atoms with van der Waals surface area (Å²) in [6.07, 6.45) is 6.63. The van der Waals surface area contributed by atoms with E-state index < -0.39 is 0 Å². The molecule has 1 aromatic carbocycles. The molecule has 132 valence electrons. The highest BCUT2D eigenvalue weighted by Crippen LogP contribution is 2.33. The van der Waals surface area contributed by atoms with E-state index in [9.17, 15) is 4.79 Å². The number of benzene rings is 1. The van der Waals surface area contributed by atoms with Crippen molar-refractivity contribution >= 4 is 5.91 Å². The monoisotopic (exact) mass is 338 g/mol. The summed E-state index contributed by atoms with van der Waals surface area (Å²) in [7, 11) is 0. The summed E-state index contributed by atoms with van der Waals surface area (Å²) in [5.74, 6) is 2.21. The van der Waals surface area contributed by atoms with Crippen LogP contribution in [0.3, 0.4) is 0 Å². The molecule has 5 heteroatoms. The molecule has 0 spiro atoms. The van der Waals surface area contributed by atoms with Crippen LogP contribution in [0.15, 0.2) is 18.2 Å². The lowest BCUT2D eigenvalue weighted by atomic mass is 10.1. The van der Waals surface area contributed by atoms with Crippen molar-refractivity contribution < 1.29 is 4.79 Å². The fourth-order valence-corrected chi connectivity index (χ4v) is 4.07. The van der Waals surface area contributed by atoms with Crippen molar-refractivity contribution in [3.05, 3.63) is 46.5 Å². The fraction of sp³-hybridized carbons (Fsp3) is 0.550. The quantitative estimate of drug-likeness (QED) is 0.841. The van der Waals surface area contributed by atoms with E-state index in [1.807, 2.05) is 23.1 Å². The van der Waals surface area contributed by atoms with Crippen molar-refractivity contribution in [2.24, 2.45) is 0 Å². The SMILES string of the molecule is Cc1ccc(C(=O)N2CCCC2c2nnc3n2CCCCC3)cc1C. The largest absolute Gasteiger partial charge is 0.328 e. The first kappa shape index (κ1) is 16.3. The first-order valence-corrected chi connectivity index (χ1v) is 9.45. The highest BCUT2D eigenvalue weighted by Gasteiger charge is 2.34. The fourth-order valence-electron chi connectivity index (χ4n) is 4.07. The smallest absolute Gasteiger partial charge is 0.254 e. The second-order valence-corrected chi connectivity index (χ2v) is 7.39. The molecule has 2 aliphatic heterocycles. The first-order chi connectivity index (χ1) is 12.1. The van der Waals surface area contributed by atoms with E-state index in [1.54, 1.807) is 0 Å². The van der Waals surface area contributed by atoms with Crippen molar-refractivity contribution in [1.29, 1.82) is 0 Å². The van der Waals surface area contributed by atoms with Crippen molar-refractivity contribution in [2.45, 2.75) is 65.0 Å². The molecule has 0 saturated carbocycles. The normalized spacial score (nSPS) is 20.4. The number of carbonyl (C=O) groups is 1. The zero-order valence-electron chi connectivity index (χ0n) is 15.2. The Kier molecular flexibility index (Phi) is 4.32. The lowest BCUT2D eigenvalue weighted by molar-refractivity contribution is 0.0727. The number of hydrogen-bond donors (Lipinski definition) is 0. The average molecular weight is 338 g/mol. The minimum absolute atomic E-state index is 0.0634. The topological polar surface area (TPSA) is 51.0 Å². The Bertz CT molecular complexity index is 795. The number of fused-ring (bicyclic) bond motifs is 1. The summed E-state index contributed by atoms with van der Waals surface area (Å²) in [5.41, 5.74) is 3.17. The number of rotatable bonds is 2. The van der Waals surface area contributed by atoms with Gasteiger partial charge in [0.15, 0.2) is 5.82 Å². The molecular formula is C20H26N4O. The average Bonchev–Trinajstić information content (AvgIpc) is 3.17. The standard InChI is InChI=1S/C20H26N4O/c1-14-9-10-16(13-15(14)2)20(25)23-12-6-7-17(23)19-22-21-18-8-4-3-5-11-24(18)19/h9-10,13,17H,3-8,11-12H2,1-2H3. The zero-order chi connectivity index (χ0) is 17.4. The van der Waals surface area contributed by atoms with E-state index in [0.29, 0.717) is 0 Å². The van der Waals surface area contributed by atoms with Gasteiger partial charge in [-0.1, -0.05) is 12.5 Å². The molecule has 5 nitrogen and oxygen atoms in total. The van der Waals surface area contributed by atoms with Crippen LogP contribution in [0.1, 0.15) is 71.3 Å². The van der Waals surface area contributed by atoms with Gasteiger partial charge in [0.05, 0.1) is 6.04 Å². The molecule has 25 heavy (non-hydrogen) atoms. The maximum absolute atomic E-state index is 13.1. The number of aryl methyl sites for hydroxylation is 3. The Labute approximate surface area is 149 Å². The number of amides is 1. The molecule has 4 rings (SSSR count). The molecule has 1 fully saturated rings. The Balaban J connectivity index is 1.63. The molecule has 3 heterocycles. The van der Waals surface area contributed by atoms with Gasteiger partial charge in [-0.05, 0) is 62.8 Å². The molecule has 1 saturated heterocycles. The second kappa shape index (κ2) is 6.62. The minimum Gasteiger partial charge on any atom is -0.328 e. The van der Waals surface area contributed by atoms with Gasteiger partial charge in [0.2, 0.25) is 0 Å². The highest BCUT2D eigenvalue weighted by atomic mass is 16.2. The van der Waals surface area contributed by atoms with Crippen LogP contribution in [0, 0.1) is 13.8 Å². The van der Waals surface area contributed by atoms with Crippen LogP contribution in [0.25, 0.3) is 0 Å². The van der Waals surface area contributed by atoms with Gasteiger partial charge in [-0.15, -0.1) is 10.2 Å². The Hall–Kier alpha value is -2.17. The molecule has 1 atom stereocenters. The van der Waals surface area contributed by atoms with Gasteiger partial charge in [-0.3, -0.25) is 4.79 Å². The van der Waals surface area contributed by atoms with Crippen LogP contribution in [0.2, 0.25) is 0 Å². The van der Waals surface area contributed by atoms with E-state index >= 15 is 0 Å². The van der Waals surface area contributed by atoms with Gasteiger partial charge < -0.3 is 9.47 Å². The van der Waals surface area contributed by atoms with E-state index in [2.05, 4.69) is 28.6 Å². The van der Waals surface area contributed by atoms with Crippen LogP contribution in [-0.2, 0) is 13.0 Å². The number of hydrogen-bond acceptors (Lipinski definition) is 3. The lowest BCUT2D eigenvalue weighted by Gasteiger charge is -2.25. The Morgan fingerprint density at radius 3 is 2.76 bits per heavy atom. The van der Waals surface area contributed by atoms with Crippen LogP contribution >= 0.6 is 0 Å². The highest BCUT2D eigenvalue weighted by molar-refractivity contribution is 5.95. The van der Waals surface area contributed by atoms with E-state index in [-0.39, 0.29) is 11.9 Å². The molecule has 1 aromatic heterocycles. The van der Waals surface area contributed by atoms with E-state index in [4.69, 9.17) is 0 Å². The molecule has 1 unspecified atom stereocenters. The van der Waals surface area contributed by atoms with Gasteiger partial charge in [0.1, 0.15) is 5.82 Å². The molecule has 0 N–H and O–H groups in total. The molecule has 0 bridgehead atoms. The van der Waals surface area contributed by atoms with Crippen molar-refractivity contribution in [3.63, 3.8) is 0 Å². The molecule has 0 radical (unpaired) electrons. The van der Waals surface area contributed by atoms with E-state index in [1.165, 1.54) is 24.8 Å². The van der Waals surface area contributed by atoms with Crippen LogP contribution in [0.5, 0.6) is 0 Å². The third-order valence-corrected chi connectivity index (χ3v) is 5.70. The van der Waals surface area contributed by atoms with Crippen molar-refractivity contribution in [2.75, 3.05) is 6.54 Å². The maximum Gasteiger partial charge on any atom is 0.254 e. The number of carbonyl (C=O) groups excluding carboxylic acids is 1. The number of aromatic nitrogens is 3. The first-order valence-electron chi connectivity index (χ1n) is 9.45. The summed E-state index contributed by atoms with van der Waals surface area (Å²) >= 11 is 0. The number of likely N-dealkylation sites (tertiary alicyclic amines) is 1. The molecular weight excluding hydrogens is 312 g/mol. The zero-order valence-corrected chi connectivity index (χ0v) is 15.2. The lowest BCUT2D eigenvalue weighted by Crippen LogP contribution is -2.32. The van der Waals surface area contributed by atoms with E-state index in [0.717, 1.165) is 55.1 Å². The third-order valence-electron chi connectivity index (χ3n) is 5.70. The number of nitrogens with zero attached hydrogens (tertiary/aromatic N) is 4.